The van der Waals surface area contributed by atoms with Crippen LogP contribution in [-0.4, -0.2) is 42.6 Å². The number of amides is 1. The molecule has 1 saturated heterocycles. The molecule has 0 bridgehead atoms. The first-order valence-electron chi connectivity index (χ1n) is 11.7. The van der Waals surface area contributed by atoms with Gasteiger partial charge >= 0.3 is 0 Å². The van der Waals surface area contributed by atoms with Gasteiger partial charge in [0.05, 0.1) is 18.2 Å². The molecule has 1 aliphatic rings. The molecule has 0 saturated carbocycles. The van der Waals surface area contributed by atoms with Crippen molar-refractivity contribution in [2.45, 2.75) is 32.2 Å². The molecule has 172 valence electrons. The molecule has 3 aromatic rings. The molecule has 0 spiro atoms. The summed E-state index contributed by atoms with van der Waals surface area (Å²) >= 11 is 0. The van der Waals surface area contributed by atoms with Crippen molar-refractivity contribution in [3.05, 3.63) is 95.2 Å². The van der Waals surface area contributed by atoms with Gasteiger partial charge in [0.25, 0.3) is 0 Å². The van der Waals surface area contributed by atoms with Gasteiger partial charge in [0.2, 0.25) is 5.91 Å². The van der Waals surface area contributed by atoms with Crippen LogP contribution in [0.25, 0.3) is 0 Å². The summed E-state index contributed by atoms with van der Waals surface area (Å²) < 4.78 is 5.39. The summed E-state index contributed by atoms with van der Waals surface area (Å²) in [6.45, 7) is 4.92. The van der Waals surface area contributed by atoms with E-state index in [-0.39, 0.29) is 11.9 Å². The number of likely N-dealkylation sites (tertiary alicyclic amines) is 1. The van der Waals surface area contributed by atoms with Gasteiger partial charge in [0.1, 0.15) is 5.82 Å². The Hall–Kier alpha value is -3.02. The predicted molar refractivity (Wildman–Crippen MR) is 132 cm³/mol. The van der Waals surface area contributed by atoms with E-state index in [1.165, 1.54) is 5.56 Å². The van der Waals surface area contributed by atoms with Crippen LogP contribution in [0.1, 0.15) is 41.3 Å². The molecular formula is C28H33N3O2. The van der Waals surface area contributed by atoms with E-state index in [0.29, 0.717) is 18.2 Å². The van der Waals surface area contributed by atoms with E-state index in [9.17, 15) is 4.79 Å². The monoisotopic (exact) mass is 443 g/mol. The van der Waals surface area contributed by atoms with Crippen LogP contribution in [0.2, 0.25) is 0 Å². The van der Waals surface area contributed by atoms with Crippen molar-refractivity contribution < 1.29 is 9.53 Å². The molecule has 33 heavy (non-hydrogen) atoms. The maximum Gasteiger partial charge on any atom is 0.229 e. The van der Waals surface area contributed by atoms with Crippen LogP contribution < -0.4 is 5.32 Å². The van der Waals surface area contributed by atoms with E-state index in [0.717, 1.165) is 49.4 Å². The number of aryl methyl sites for hydroxylation is 1. The summed E-state index contributed by atoms with van der Waals surface area (Å²) in [5.74, 6) is 1.16. The van der Waals surface area contributed by atoms with Crippen LogP contribution in [-0.2, 0) is 16.0 Å². The molecule has 5 nitrogen and oxygen atoms in total. The number of pyridine rings is 1. The predicted octanol–water partition coefficient (Wildman–Crippen LogP) is 5.02. The lowest BCUT2D eigenvalue weighted by molar-refractivity contribution is -0.115. The van der Waals surface area contributed by atoms with Gasteiger partial charge in [-0.2, -0.15) is 0 Å². The van der Waals surface area contributed by atoms with E-state index in [1.807, 2.05) is 42.5 Å². The van der Waals surface area contributed by atoms with Gasteiger partial charge in [-0.25, -0.2) is 4.98 Å². The lowest BCUT2D eigenvalue weighted by atomic mass is 9.92. The molecule has 2 heterocycles. The summed E-state index contributed by atoms with van der Waals surface area (Å²) in [6.07, 6.45) is 2.56. The molecule has 1 unspecified atom stereocenters. The fourth-order valence-electron chi connectivity index (χ4n) is 4.65. The largest absolute Gasteiger partial charge is 0.384 e. The van der Waals surface area contributed by atoms with Crippen LogP contribution >= 0.6 is 0 Å². The molecule has 5 heteroatoms. The fourth-order valence-corrected chi connectivity index (χ4v) is 4.65. The molecule has 1 fully saturated rings. The van der Waals surface area contributed by atoms with E-state index in [1.54, 1.807) is 7.11 Å². The summed E-state index contributed by atoms with van der Waals surface area (Å²) in [7, 11) is 1.78. The lowest BCUT2D eigenvalue weighted by Crippen LogP contribution is -2.39. The third-order valence-electron chi connectivity index (χ3n) is 6.40. The summed E-state index contributed by atoms with van der Waals surface area (Å²) in [5.41, 5.74) is 4.35. The Labute approximate surface area is 196 Å². The minimum Gasteiger partial charge on any atom is -0.384 e. The number of piperidine rings is 1. The van der Waals surface area contributed by atoms with Gasteiger partial charge in [-0.3, -0.25) is 9.69 Å². The van der Waals surface area contributed by atoms with E-state index < -0.39 is 0 Å². The zero-order chi connectivity index (χ0) is 23.0. The fraction of sp³-hybridized carbons (Fsp3) is 0.357. The second-order valence-electron chi connectivity index (χ2n) is 8.86. The van der Waals surface area contributed by atoms with Crippen molar-refractivity contribution in [2.24, 2.45) is 5.92 Å². The average molecular weight is 444 g/mol. The Bertz CT molecular complexity index is 1030. The second kappa shape index (κ2) is 11.2. The van der Waals surface area contributed by atoms with Gasteiger partial charge in [-0.1, -0.05) is 66.7 Å². The maximum absolute atomic E-state index is 12.6. The molecule has 1 aliphatic heterocycles. The molecule has 4 rings (SSSR count). The van der Waals surface area contributed by atoms with Crippen LogP contribution in [0.15, 0.2) is 72.8 Å². The zero-order valence-electron chi connectivity index (χ0n) is 19.5. The first kappa shape index (κ1) is 23.1. The van der Waals surface area contributed by atoms with Crippen LogP contribution in [0.4, 0.5) is 5.82 Å². The van der Waals surface area contributed by atoms with Gasteiger partial charge < -0.3 is 10.1 Å². The number of anilines is 1. The van der Waals surface area contributed by atoms with E-state index in [2.05, 4.69) is 47.5 Å². The summed E-state index contributed by atoms with van der Waals surface area (Å²) in [6, 6.07) is 24.4. The molecule has 1 aromatic heterocycles. The molecule has 0 aliphatic carbocycles. The summed E-state index contributed by atoms with van der Waals surface area (Å²) in [4.78, 5) is 20.1. The second-order valence-corrected chi connectivity index (χ2v) is 8.86. The lowest BCUT2D eigenvalue weighted by Gasteiger charge is -2.38. The van der Waals surface area contributed by atoms with Gasteiger partial charge in [-0.15, -0.1) is 0 Å². The first-order valence-corrected chi connectivity index (χ1v) is 11.7. The highest BCUT2D eigenvalue weighted by atomic mass is 16.5. The van der Waals surface area contributed by atoms with Crippen molar-refractivity contribution in [2.75, 3.05) is 32.1 Å². The van der Waals surface area contributed by atoms with Gasteiger partial charge in [0.15, 0.2) is 0 Å². The topological polar surface area (TPSA) is 54.5 Å². The Morgan fingerprint density at radius 3 is 2.36 bits per heavy atom. The molecule has 1 N–H and O–H groups in total. The third kappa shape index (κ3) is 6.06. The van der Waals surface area contributed by atoms with Crippen LogP contribution in [0, 0.1) is 12.8 Å². The van der Waals surface area contributed by atoms with Crippen molar-refractivity contribution in [3.63, 3.8) is 0 Å². The minimum atomic E-state index is -0.0554. The minimum absolute atomic E-state index is 0.0554. The summed E-state index contributed by atoms with van der Waals surface area (Å²) in [5, 5.41) is 3.01. The number of carbonyl (C=O) groups is 1. The number of methoxy groups -OCH3 is 1. The number of hydrogen-bond acceptors (Lipinski definition) is 4. The highest BCUT2D eigenvalue weighted by Crippen LogP contribution is 2.33. The number of ether oxygens (including phenoxy) is 1. The Morgan fingerprint density at radius 1 is 1.03 bits per heavy atom. The van der Waals surface area contributed by atoms with E-state index >= 15 is 0 Å². The number of nitrogens with one attached hydrogen (secondary N) is 1. The standard InChI is InChI=1S/C28H33N3O2/c1-21-13-14-25(29-26(32)19-22-9-5-3-6-10-22)30-27(21)28(24-11-7-4-8-12-24)31-17-15-23(16-18-31)20-33-2/h3-14,23,28H,15-20H2,1-2H3,(H,29,30,32). The third-order valence-corrected chi connectivity index (χ3v) is 6.40. The van der Waals surface area contributed by atoms with Gasteiger partial charge in [-0.05, 0) is 61.5 Å². The molecular weight excluding hydrogens is 410 g/mol. The number of carbonyl (C=O) groups excluding carboxylic acids is 1. The Morgan fingerprint density at radius 2 is 1.70 bits per heavy atom. The quantitative estimate of drug-likeness (QED) is 0.531. The Kier molecular flexibility index (Phi) is 7.87. The van der Waals surface area contributed by atoms with Crippen LogP contribution in [0.5, 0.6) is 0 Å². The molecule has 2 aromatic carbocycles. The highest BCUT2D eigenvalue weighted by Gasteiger charge is 2.29. The van der Waals surface area contributed by atoms with Crippen molar-refractivity contribution >= 4 is 11.7 Å². The smallest absolute Gasteiger partial charge is 0.229 e. The highest BCUT2D eigenvalue weighted by molar-refractivity contribution is 5.91. The molecule has 1 amide bonds. The van der Waals surface area contributed by atoms with Crippen LogP contribution in [0.3, 0.4) is 0 Å². The number of nitrogens with zero attached hydrogens (tertiary/aromatic N) is 2. The molecule has 1 atom stereocenters. The van der Waals surface area contributed by atoms with Crippen molar-refractivity contribution in [3.8, 4) is 0 Å². The number of aromatic nitrogens is 1. The van der Waals surface area contributed by atoms with E-state index in [4.69, 9.17) is 9.72 Å². The molecule has 0 radical (unpaired) electrons. The zero-order valence-corrected chi connectivity index (χ0v) is 19.5. The SMILES string of the molecule is COCC1CCN(C(c2ccccc2)c2nc(NC(=O)Cc3ccccc3)ccc2C)CC1. The first-order chi connectivity index (χ1) is 16.1. The number of benzene rings is 2. The Balaban J connectivity index is 1.57. The number of hydrogen-bond donors (Lipinski definition) is 1. The van der Waals surface area contributed by atoms with Crippen molar-refractivity contribution in [1.29, 1.82) is 0 Å². The number of rotatable bonds is 8. The normalized spacial score (nSPS) is 15.8. The average Bonchev–Trinajstić information content (AvgIpc) is 2.84. The van der Waals surface area contributed by atoms with Crippen molar-refractivity contribution in [1.82, 2.24) is 9.88 Å². The van der Waals surface area contributed by atoms with Gasteiger partial charge in [0, 0.05) is 13.7 Å². The maximum atomic E-state index is 12.6.